The van der Waals surface area contributed by atoms with Gasteiger partial charge in [0.15, 0.2) is 5.78 Å². The quantitative estimate of drug-likeness (QED) is 0.787. The maximum Gasteiger partial charge on any atom is 0.408 e. The number of Topliss-reactive ketones (excluding diaryl/α,β-unsaturated/α-hetero) is 1. The second-order valence-electron chi connectivity index (χ2n) is 7.97. The number of nitrogens with zero attached hydrogens (tertiary/aromatic N) is 1. The van der Waals surface area contributed by atoms with Crippen molar-refractivity contribution in [2.45, 2.75) is 40.3 Å². The van der Waals surface area contributed by atoms with Crippen molar-refractivity contribution in [1.29, 1.82) is 0 Å². The molecule has 158 valence electrons. The van der Waals surface area contributed by atoms with Gasteiger partial charge in [0.1, 0.15) is 12.4 Å². The first-order valence-corrected chi connectivity index (χ1v) is 9.79. The molecule has 2 N–H and O–H groups in total. The molecule has 1 aliphatic carbocycles. The van der Waals surface area contributed by atoms with Crippen molar-refractivity contribution >= 4 is 23.5 Å². The van der Waals surface area contributed by atoms with E-state index >= 15 is 0 Å². The number of hydrogen-bond acceptors (Lipinski definition) is 5. The average Bonchev–Trinajstić information content (AvgIpc) is 2.69. The fourth-order valence-electron chi connectivity index (χ4n) is 3.55. The number of ketones is 1. The first-order valence-electron chi connectivity index (χ1n) is 9.79. The Morgan fingerprint density at radius 2 is 1.83 bits per heavy atom. The topological polar surface area (TPSA) is 106 Å². The fraction of sp³-hybridized carbons (Fsp3) is 0.364. The van der Waals surface area contributed by atoms with Gasteiger partial charge in [0.25, 0.3) is 11.5 Å². The van der Waals surface area contributed by atoms with Crippen LogP contribution in [0.2, 0.25) is 0 Å². The molecule has 1 aromatic carbocycles. The number of aromatic nitrogens is 1. The molecule has 30 heavy (non-hydrogen) atoms. The highest BCUT2D eigenvalue weighted by Gasteiger charge is 2.34. The fourth-order valence-corrected chi connectivity index (χ4v) is 3.55. The summed E-state index contributed by atoms with van der Waals surface area (Å²) in [4.78, 5) is 50.2. The summed E-state index contributed by atoms with van der Waals surface area (Å²) in [6.45, 7) is 5.60. The van der Waals surface area contributed by atoms with Crippen molar-refractivity contribution in [2.24, 2.45) is 5.41 Å². The normalized spacial score (nSPS) is 14.6. The lowest BCUT2D eigenvalue weighted by molar-refractivity contribution is 0.0906. The van der Waals surface area contributed by atoms with Crippen molar-refractivity contribution < 1.29 is 19.1 Å². The standard InChI is InChI=1S/C22H25N3O5/c1-4-30-21(29)23-13-25-17-11-22(2,3)12-18(26)15(17)10-16(20(25)28)24-19(27)14-8-6-5-7-9-14/h5-10H,4,11-13H2,1-3H3,(H,23,29)(H,24,27). The van der Waals surface area contributed by atoms with Crippen molar-refractivity contribution in [3.63, 3.8) is 0 Å². The Bertz CT molecular complexity index is 1040. The molecule has 0 aliphatic heterocycles. The number of benzene rings is 1. The highest BCUT2D eigenvalue weighted by atomic mass is 16.5. The molecule has 0 bridgehead atoms. The lowest BCUT2D eigenvalue weighted by Crippen LogP contribution is -2.40. The molecule has 8 nitrogen and oxygen atoms in total. The van der Waals surface area contributed by atoms with Gasteiger partial charge >= 0.3 is 6.09 Å². The molecule has 0 unspecified atom stereocenters. The predicted octanol–water partition coefficient (Wildman–Crippen LogP) is 2.96. The molecule has 1 aromatic heterocycles. The molecular weight excluding hydrogens is 386 g/mol. The molecule has 0 atom stereocenters. The molecule has 0 radical (unpaired) electrons. The van der Waals surface area contributed by atoms with Crippen molar-refractivity contribution in [2.75, 3.05) is 11.9 Å². The van der Waals surface area contributed by atoms with E-state index in [-0.39, 0.29) is 30.2 Å². The zero-order valence-electron chi connectivity index (χ0n) is 17.3. The number of ether oxygens (including phenoxy) is 1. The smallest absolute Gasteiger partial charge is 0.408 e. The number of carbonyl (C=O) groups excluding carboxylic acids is 3. The maximum absolute atomic E-state index is 13.1. The van der Waals surface area contributed by atoms with Crippen LogP contribution < -0.4 is 16.2 Å². The van der Waals surface area contributed by atoms with Gasteiger partial charge in [-0.3, -0.25) is 19.0 Å². The Morgan fingerprint density at radius 3 is 2.50 bits per heavy atom. The lowest BCUT2D eigenvalue weighted by Gasteiger charge is -2.32. The third-order valence-electron chi connectivity index (χ3n) is 4.93. The zero-order valence-corrected chi connectivity index (χ0v) is 17.3. The molecule has 2 amide bonds. The second-order valence-corrected chi connectivity index (χ2v) is 7.97. The SMILES string of the molecule is CCOC(=O)NCn1c2c(cc(NC(=O)c3ccccc3)c1=O)C(=O)CC(C)(C)C2. The summed E-state index contributed by atoms with van der Waals surface area (Å²) in [6, 6.07) is 9.91. The summed E-state index contributed by atoms with van der Waals surface area (Å²) in [5.41, 5.74) is 0.468. The van der Waals surface area contributed by atoms with Gasteiger partial charge in [-0.25, -0.2) is 4.79 Å². The monoisotopic (exact) mass is 411 g/mol. The molecule has 0 saturated heterocycles. The molecule has 0 saturated carbocycles. The molecule has 2 aromatic rings. The molecule has 0 fully saturated rings. The van der Waals surface area contributed by atoms with Gasteiger partial charge < -0.3 is 15.4 Å². The number of fused-ring (bicyclic) bond motifs is 1. The van der Waals surface area contributed by atoms with Crippen LogP contribution in [0, 0.1) is 5.41 Å². The van der Waals surface area contributed by atoms with Gasteiger partial charge in [-0.05, 0) is 37.0 Å². The summed E-state index contributed by atoms with van der Waals surface area (Å²) in [5.74, 6) is -0.567. The second kappa shape index (κ2) is 8.52. The van der Waals surface area contributed by atoms with E-state index in [2.05, 4.69) is 10.6 Å². The van der Waals surface area contributed by atoms with E-state index in [0.29, 0.717) is 29.7 Å². The van der Waals surface area contributed by atoms with Crippen LogP contribution in [-0.2, 0) is 17.8 Å². The Labute approximate surface area is 174 Å². The summed E-state index contributed by atoms with van der Waals surface area (Å²) >= 11 is 0. The van der Waals surface area contributed by atoms with Gasteiger partial charge in [-0.2, -0.15) is 0 Å². The Balaban J connectivity index is 2.02. The van der Waals surface area contributed by atoms with Crippen molar-refractivity contribution in [3.05, 3.63) is 63.6 Å². The molecular formula is C22H25N3O5. The summed E-state index contributed by atoms with van der Waals surface area (Å²) in [6.07, 6.45) is 0.148. The van der Waals surface area contributed by atoms with Gasteiger partial charge in [-0.15, -0.1) is 0 Å². The van der Waals surface area contributed by atoms with Gasteiger partial charge in [0.2, 0.25) is 0 Å². The number of amides is 2. The van der Waals surface area contributed by atoms with Crippen LogP contribution in [0.1, 0.15) is 53.6 Å². The lowest BCUT2D eigenvalue weighted by atomic mass is 9.75. The first kappa shape index (κ1) is 21.3. The number of hydrogen-bond donors (Lipinski definition) is 2. The molecule has 8 heteroatoms. The first-order chi connectivity index (χ1) is 14.2. The van der Waals surface area contributed by atoms with Crippen LogP contribution >= 0.6 is 0 Å². The largest absolute Gasteiger partial charge is 0.450 e. The van der Waals surface area contributed by atoms with Gasteiger partial charge in [0.05, 0.1) is 6.61 Å². The van der Waals surface area contributed by atoms with Crippen LogP contribution in [0.25, 0.3) is 0 Å². The molecule has 1 heterocycles. The maximum atomic E-state index is 13.1. The van der Waals surface area contributed by atoms with Crippen LogP contribution in [-0.4, -0.2) is 29.0 Å². The molecule has 0 spiro atoms. The molecule has 1 aliphatic rings. The van der Waals surface area contributed by atoms with E-state index in [0.717, 1.165) is 0 Å². The number of anilines is 1. The minimum atomic E-state index is -0.668. The summed E-state index contributed by atoms with van der Waals surface area (Å²) in [5, 5.41) is 5.13. The average molecular weight is 411 g/mol. The summed E-state index contributed by atoms with van der Waals surface area (Å²) in [7, 11) is 0. The number of nitrogens with one attached hydrogen (secondary N) is 2. The minimum Gasteiger partial charge on any atom is -0.450 e. The third kappa shape index (κ3) is 4.59. The van der Waals surface area contributed by atoms with Gasteiger partial charge in [-0.1, -0.05) is 32.0 Å². The van der Waals surface area contributed by atoms with Crippen LogP contribution in [0.15, 0.2) is 41.2 Å². The number of alkyl carbamates (subject to hydrolysis) is 1. The van der Waals surface area contributed by atoms with Crippen molar-refractivity contribution in [3.8, 4) is 0 Å². The number of carbonyl (C=O) groups is 3. The van der Waals surface area contributed by atoms with E-state index < -0.39 is 17.6 Å². The van der Waals surface area contributed by atoms with E-state index in [1.165, 1.54) is 10.6 Å². The van der Waals surface area contributed by atoms with E-state index in [9.17, 15) is 19.2 Å². The van der Waals surface area contributed by atoms with E-state index in [4.69, 9.17) is 4.74 Å². The number of rotatable bonds is 5. The van der Waals surface area contributed by atoms with Crippen LogP contribution in [0.4, 0.5) is 10.5 Å². The Hall–Kier alpha value is -3.42. The molecule has 3 rings (SSSR count). The van der Waals surface area contributed by atoms with Crippen LogP contribution in [0.3, 0.4) is 0 Å². The van der Waals surface area contributed by atoms with Crippen molar-refractivity contribution in [1.82, 2.24) is 9.88 Å². The highest BCUT2D eigenvalue weighted by Crippen LogP contribution is 2.34. The van der Waals surface area contributed by atoms with Crippen LogP contribution in [0.5, 0.6) is 0 Å². The number of pyridine rings is 1. The van der Waals surface area contributed by atoms with Gasteiger partial charge in [0, 0.05) is 23.2 Å². The zero-order chi connectivity index (χ0) is 21.9. The highest BCUT2D eigenvalue weighted by molar-refractivity contribution is 6.05. The predicted molar refractivity (Wildman–Crippen MR) is 112 cm³/mol. The Kier molecular flexibility index (Phi) is 6.05. The minimum absolute atomic E-state index is 0.0127. The van der Waals surface area contributed by atoms with E-state index in [1.54, 1.807) is 37.3 Å². The third-order valence-corrected chi connectivity index (χ3v) is 4.93. The Morgan fingerprint density at radius 1 is 1.13 bits per heavy atom. The summed E-state index contributed by atoms with van der Waals surface area (Å²) < 4.78 is 6.19. The van der Waals surface area contributed by atoms with E-state index in [1.807, 2.05) is 13.8 Å².